The molecule has 10 nitrogen and oxygen atoms in total. The molecule has 3 amide bonds. The van der Waals surface area contributed by atoms with Crippen LogP contribution in [0.3, 0.4) is 0 Å². The Bertz CT molecular complexity index is 1750. The number of thiazole rings is 1. The number of hydrogen-bond donors (Lipinski definition) is 1. The van der Waals surface area contributed by atoms with Crippen molar-refractivity contribution in [1.82, 2.24) is 9.88 Å². The lowest BCUT2D eigenvalue weighted by atomic mass is 9.68. The van der Waals surface area contributed by atoms with Gasteiger partial charge in [0.05, 0.1) is 42.9 Å². The SMILES string of the molecule is COc1cc([C@H]2c3sc(=O)[nH]c3SC3C4CC(C5C(=O)N(c6ccc(Cl)cc6)C(=O)C45)C32)ccc1OCC(=O)N1CCOCC1. The Morgan fingerprint density at radius 2 is 1.76 bits per heavy atom. The Morgan fingerprint density at radius 3 is 2.49 bits per heavy atom. The van der Waals surface area contributed by atoms with E-state index >= 15 is 0 Å². The largest absolute Gasteiger partial charge is 0.493 e. The Balaban J connectivity index is 1.11. The van der Waals surface area contributed by atoms with Gasteiger partial charge in [0.25, 0.3) is 5.91 Å². The third-order valence-electron chi connectivity index (χ3n) is 10.1. The summed E-state index contributed by atoms with van der Waals surface area (Å²) in [7, 11) is 1.56. The number of H-pyrrole nitrogens is 1. The summed E-state index contributed by atoms with van der Waals surface area (Å²) < 4.78 is 17.0. The van der Waals surface area contributed by atoms with Gasteiger partial charge in [0.2, 0.25) is 11.8 Å². The van der Waals surface area contributed by atoms with Crippen LogP contribution in [-0.2, 0) is 19.1 Å². The fraction of sp³-hybridized carbons (Fsp3) is 0.438. The number of aromatic nitrogens is 1. The second-order valence-electron chi connectivity index (χ2n) is 12.1. The monoisotopic (exact) mass is 667 g/mol. The van der Waals surface area contributed by atoms with Crippen molar-refractivity contribution >= 4 is 58.1 Å². The van der Waals surface area contributed by atoms with E-state index in [1.165, 1.54) is 16.2 Å². The van der Waals surface area contributed by atoms with Crippen molar-refractivity contribution in [2.24, 2.45) is 29.6 Å². The molecule has 0 spiro atoms. The third kappa shape index (κ3) is 4.63. The number of imide groups is 1. The Hall–Kier alpha value is -3.32. The first kappa shape index (κ1) is 29.1. The molecule has 2 saturated carbocycles. The van der Waals surface area contributed by atoms with Crippen LogP contribution in [0.5, 0.6) is 11.5 Å². The van der Waals surface area contributed by atoms with Gasteiger partial charge in [-0.2, -0.15) is 0 Å². The highest BCUT2D eigenvalue weighted by Gasteiger charge is 2.69. The number of halogens is 1. The summed E-state index contributed by atoms with van der Waals surface area (Å²) in [6.07, 6.45) is 0.793. The summed E-state index contributed by atoms with van der Waals surface area (Å²) in [4.78, 5) is 60.1. The molecule has 0 radical (unpaired) electrons. The molecule has 7 atom stereocenters. The number of benzene rings is 2. The zero-order valence-electron chi connectivity index (χ0n) is 24.3. The predicted molar refractivity (Wildman–Crippen MR) is 168 cm³/mol. The van der Waals surface area contributed by atoms with Gasteiger partial charge in [0, 0.05) is 34.2 Å². The van der Waals surface area contributed by atoms with E-state index in [0.29, 0.717) is 48.5 Å². The summed E-state index contributed by atoms with van der Waals surface area (Å²) in [6.45, 7) is 2.00. The molecular weight excluding hydrogens is 638 g/mol. The molecule has 2 aliphatic carbocycles. The number of aromatic amines is 1. The molecule has 4 fully saturated rings. The molecule has 6 unspecified atom stereocenters. The number of ether oxygens (including phenoxy) is 3. The number of hydrogen-bond acceptors (Lipinski definition) is 9. The van der Waals surface area contributed by atoms with Gasteiger partial charge in [-0.05, 0) is 66.1 Å². The number of rotatable bonds is 6. The second-order valence-corrected chi connectivity index (χ2v) is 14.8. The molecule has 2 saturated heterocycles. The maximum atomic E-state index is 14.0. The van der Waals surface area contributed by atoms with Crippen LogP contribution >= 0.6 is 34.7 Å². The van der Waals surface area contributed by atoms with Gasteiger partial charge in [-0.15, -0.1) is 11.8 Å². The molecule has 8 rings (SSSR count). The minimum Gasteiger partial charge on any atom is -0.493 e. The minimum absolute atomic E-state index is 0.0125. The van der Waals surface area contributed by atoms with Gasteiger partial charge in [0.15, 0.2) is 18.1 Å². The van der Waals surface area contributed by atoms with Gasteiger partial charge in [-0.1, -0.05) is 29.0 Å². The van der Waals surface area contributed by atoms with Crippen molar-refractivity contribution in [2.75, 3.05) is 44.9 Å². The number of fused-ring (bicyclic) bond motifs is 9. The zero-order chi connectivity index (χ0) is 31.0. The molecule has 3 aromatic rings. The van der Waals surface area contributed by atoms with Crippen LogP contribution in [0.4, 0.5) is 5.69 Å². The molecule has 3 aliphatic heterocycles. The number of carbonyl (C=O) groups excluding carboxylic acids is 3. The van der Waals surface area contributed by atoms with Crippen molar-refractivity contribution in [1.29, 1.82) is 0 Å². The molecule has 1 N–H and O–H groups in total. The third-order valence-corrected chi connectivity index (χ3v) is 12.9. The van der Waals surface area contributed by atoms with Gasteiger partial charge in [0.1, 0.15) is 0 Å². The molecule has 13 heteroatoms. The van der Waals surface area contributed by atoms with E-state index in [1.807, 2.05) is 18.2 Å². The van der Waals surface area contributed by atoms with Crippen LogP contribution in [0.15, 0.2) is 52.3 Å². The summed E-state index contributed by atoms with van der Waals surface area (Å²) in [5, 5.41) is 1.44. The van der Waals surface area contributed by atoms with Gasteiger partial charge < -0.3 is 24.1 Å². The lowest BCUT2D eigenvalue weighted by molar-refractivity contribution is -0.137. The highest BCUT2D eigenvalue weighted by atomic mass is 35.5. The molecule has 1 aromatic heterocycles. The fourth-order valence-corrected chi connectivity index (χ4v) is 11.3. The van der Waals surface area contributed by atoms with E-state index in [4.69, 9.17) is 25.8 Å². The van der Waals surface area contributed by atoms with Crippen molar-refractivity contribution < 1.29 is 28.6 Å². The molecule has 2 bridgehead atoms. The normalized spacial score (nSPS) is 29.9. The maximum Gasteiger partial charge on any atom is 0.305 e. The van der Waals surface area contributed by atoms with E-state index < -0.39 is 5.92 Å². The lowest BCUT2D eigenvalue weighted by Crippen LogP contribution is -2.43. The van der Waals surface area contributed by atoms with Crippen LogP contribution in [0.2, 0.25) is 5.02 Å². The quantitative estimate of drug-likeness (QED) is 0.392. The van der Waals surface area contributed by atoms with Gasteiger partial charge in [-0.3, -0.25) is 24.1 Å². The zero-order valence-corrected chi connectivity index (χ0v) is 26.7. The lowest BCUT2D eigenvalue weighted by Gasteiger charge is -2.43. The number of morpholine rings is 1. The maximum absolute atomic E-state index is 14.0. The standard InChI is InChI=1S/C32H30ClN3O7S2/c1-41-21-12-15(2-7-20(21)43-14-22(37)35-8-10-42-11-9-35)23-24-18-13-19(27(24)44-29-28(23)45-32(40)34-29)26-25(18)30(38)36(31(26)39)17-5-3-16(33)4-6-17/h2-7,12,18-19,23-27H,8-11,13-14H2,1H3,(H,34,40)/t18?,19?,23-,24?,25?,26?,27?/m1/s1. The first-order chi connectivity index (χ1) is 21.8. The number of nitrogens with one attached hydrogen (secondary N) is 1. The van der Waals surface area contributed by atoms with Crippen LogP contribution in [0, 0.1) is 29.6 Å². The van der Waals surface area contributed by atoms with E-state index in [2.05, 4.69) is 4.98 Å². The van der Waals surface area contributed by atoms with Crippen LogP contribution in [0.1, 0.15) is 22.8 Å². The molecular formula is C32H30ClN3O7S2. The topological polar surface area (TPSA) is 118 Å². The fourth-order valence-electron chi connectivity index (χ4n) is 8.28. The van der Waals surface area contributed by atoms with E-state index in [1.54, 1.807) is 48.0 Å². The van der Waals surface area contributed by atoms with Crippen molar-refractivity contribution in [2.45, 2.75) is 22.6 Å². The Labute approximate surface area is 272 Å². The number of thioether (sulfide) groups is 1. The smallest absolute Gasteiger partial charge is 0.305 e. The minimum atomic E-state index is -0.407. The summed E-state index contributed by atoms with van der Waals surface area (Å²) in [5.41, 5.74) is 1.49. The first-order valence-corrected chi connectivity index (χ1v) is 17.1. The van der Waals surface area contributed by atoms with Crippen LogP contribution in [0.25, 0.3) is 0 Å². The van der Waals surface area contributed by atoms with Crippen LogP contribution < -0.4 is 19.2 Å². The molecule has 4 heterocycles. The van der Waals surface area contributed by atoms with Gasteiger partial charge >= 0.3 is 4.87 Å². The molecule has 5 aliphatic rings. The number of nitrogens with zero attached hydrogens (tertiary/aromatic N) is 2. The van der Waals surface area contributed by atoms with E-state index in [0.717, 1.165) is 21.9 Å². The highest BCUT2D eigenvalue weighted by Crippen LogP contribution is 2.68. The van der Waals surface area contributed by atoms with Crippen molar-refractivity contribution in [3.8, 4) is 11.5 Å². The van der Waals surface area contributed by atoms with Crippen LogP contribution in [-0.4, -0.2) is 72.9 Å². The first-order valence-electron chi connectivity index (χ1n) is 15.0. The number of methoxy groups -OCH3 is 1. The summed E-state index contributed by atoms with van der Waals surface area (Å²) in [5.74, 6) is -0.385. The summed E-state index contributed by atoms with van der Waals surface area (Å²) in [6, 6.07) is 12.5. The number of amides is 3. The van der Waals surface area contributed by atoms with E-state index in [9.17, 15) is 19.2 Å². The predicted octanol–water partition coefficient (Wildman–Crippen LogP) is 4.01. The molecule has 2 aromatic carbocycles. The average molecular weight is 668 g/mol. The number of carbonyl (C=O) groups is 3. The number of anilines is 1. The Kier molecular flexibility index (Phi) is 7.23. The Morgan fingerprint density at radius 1 is 1.02 bits per heavy atom. The molecule has 234 valence electrons. The average Bonchev–Trinajstić information content (AvgIpc) is 3.79. The van der Waals surface area contributed by atoms with Crippen molar-refractivity contribution in [3.63, 3.8) is 0 Å². The molecule has 45 heavy (non-hydrogen) atoms. The van der Waals surface area contributed by atoms with E-state index in [-0.39, 0.29) is 64.0 Å². The van der Waals surface area contributed by atoms with Gasteiger partial charge in [-0.25, -0.2) is 0 Å². The second kappa shape index (κ2) is 11.2. The highest BCUT2D eigenvalue weighted by molar-refractivity contribution is 8.00. The summed E-state index contributed by atoms with van der Waals surface area (Å²) >= 11 is 8.94. The van der Waals surface area contributed by atoms with Crippen molar-refractivity contribution in [3.05, 3.63) is 67.6 Å².